The minimum atomic E-state index is -3.69. The summed E-state index contributed by atoms with van der Waals surface area (Å²) in [7, 11) is -3.69. The van der Waals surface area contributed by atoms with Crippen molar-refractivity contribution < 1.29 is 28.6 Å². The van der Waals surface area contributed by atoms with Gasteiger partial charge in [0.2, 0.25) is 13.3 Å². The highest BCUT2D eigenvalue weighted by Crippen LogP contribution is 2.69. The lowest BCUT2D eigenvalue weighted by molar-refractivity contribution is -0.127. The van der Waals surface area contributed by atoms with Gasteiger partial charge in [0.25, 0.3) is 0 Å². The van der Waals surface area contributed by atoms with Gasteiger partial charge in [-0.2, -0.15) is 0 Å². The standard InChI is InChI=1S/C21H36N3O6P/c1-4-7-12-24(18(25)15-22-20(27)30-17-10-8-9-11-17)19(26)23-21(14-16(21)6-3)31(28,29)13-5-2/h6,16-17H,3-5,7-15H2,1-2H3,(H,22,27)(H,23,26)(H,28,29)/t16?,21-/m0/s1. The Morgan fingerprint density at radius 1 is 1.26 bits per heavy atom. The van der Waals surface area contributed by atoms with Crippen LogP contribution in [0.5, 0.6) is 0 Å². The summed E-state index contributed by atoms with van der Waals surface area (Å²) in [4.78, 5) is 49.2. The van der Waals surface area contributed by atoms with E-state index < -0.39 is 30.7 Å². The zero-order valence-corrected chi connectivity index (χ0v) is 19.5. The molecule has 9 nitrogen and oxygen atoms in total. The third kappa shape index (κ3) is 6.32. The third-order valence-corrected chi connectivity index (χ3v) is 8.91. The molecule has 0 radical (unpaired) electrons. The number of urea groups is 1. The molecule has 0 aromatic carbocycles. The van der Waals surface area contributed by atoms with Crippen LogP contribution in [0.2, 0.25) is 0 Å². The first-order valence-corrected chi connectivity index (χ1v) is 13.1. The summed E-state index contributed by atoms with van der Waals surface area (Å²) in [5, 5.41) is 3.81. The number of hydrogen-bond acceptors (Lipinski definition) is 5. The average Bonchev–Trinajstić information content (AvgIpc) is 3.21. The number of alkyl carbamates (subject to hydrolysis) is 1. The maximum atomic E-state index is 13.0. The molecule has 176 valence electrons. The molecule has 0 spiro atoms. The Balaban J connectivity index is 2.01. The van der Waals surface area contributed by atoms with Crippen molar-refractivity contribution in [2.45, 2.75) is 76.6 Å². The number of nitrogens with one attached hydrogen (secondary N) is 2. The van der Waals surface area contributed by atoms with E-state index in [0.29, 0.717) is 19.3 Å². The van der Waals surface area contributed by atoms with Crippen molar-refractivity contribution >= 4 is 25.4 Å². The molecule has 2 aliphatic rings. The number of unbranched alkanes of at least 4 members (excludes halogenated alkanes) is 1. The Hall–Kier alpha value is -1.86. The predicted molar refractivity (Wildman–Crippen MR) is 118 cm³/mol. The largest absolute Gasteiger partial charge is 0.446 e. The number of carbonyl (C=O) groups excluding carboxylic acids is 3. The van der Waals surface area contributed by atoms with E-state index in [9.17, 15) is 23.8 Å². The molecule has 0 aliphatic heterocycles. The van der Waals surface area contributed by atoms with Gasteiger partial charge in [0.1, 0.15) is 17.9 Å². The first-order chi connectivity index (χ1) is 14.7. The molecule has 2 saturated carbocycles. The maximum Gasteiger partial charge on any atom is 0.407 e. The van der Waals surface area contributed by atoms with Crippen molar-refractivity contribution in [3.05, 3.63) is 12.7 Å². The fourth-order valence-electron chi connectivity index (χ4n) is 4.04. The highest BCUT2D eigenvalue weighted by atomic mass is 31.2. The summed E-state index contributed by atoms with van der Waals surface area (Å²) in [5.41, 5.74) is 0. The van der Waals surface area contributed by atoms with Crippen LogP contribution in [0.15, 0.2) is 12.7 Å². The van der Waals surface area contributed by atoms with Crippen LogP contribution in [0.25, 0.3) is 0 Å². The van der Waals surface area contributed by atoms with Crippen LogP contribution in [0.4, 0.5) is 9.59 Å². The number of carbonyl (C=O) groups is 3. The molecule has 3 atom stereocenters. The highest BCUT2D eigenvalue weighted by molar-refractivity contribution is 7.60. The van der Waals surface area contributed by atoms with Gasteiger partial charge >= 0.3 is 12.1 Å². The van der Waals surface area contributed by atoms with Crippen LogP contribution >= 0.6 is 7.37 Å². The molecular formula is C21H36N3O6P. The van der Waals surface area contributed by atoms with Gasteiger partial charge in [0.05, 0.1) is 0 Å². The number of rotatable bonds is 11. The fourth-order valence-corrected chi connectivity index (χ4v) is 6.42. The van der Waals surface area contributed by atoms with Crippen molar-refractivity contribution in [3.8, 4) is 0 Å². The zero-order valence-electron chi connectivity index (χ0n) is 18.6. The molecule has 0 bridgehead atoms. The summed E-state index contributed by atoms with van der Waals surface area (Å²) in [6.07, 6.45) is 6.66. The average molecular weight is 458 g/mol. The molecule has 4 amide bonds. The Kier molecular flexibility index (Phi) is 9.13. The Morgan fingerprint density at radius 3 is 2.48 bits per heavy atom. The van der Waals surface area contributed by atoms with Crippen LogP contribution in [0.3, 0.4) is 0 Å². The Bertz CT molecular complexity index is 724. The van der Waals surface area contributed by atoms with Crippen molar-refractivity contribution in [1.29, 1.82) is 0 Å². The van der Waals surface area contributed by atoms with E-state index >= 15 is 0 Å². The molecular weight excluding hydrogens is 421 g/mol. The van der Waals surface area contributed by atoms with Crippen molar-refractivity contribution in [3.63, 3.8) is 0 Å². The lowest BCUT2D eigenvalue weighted by Gasteiger charge is -2.29. The highest BCUT2D eigenvalue weighted by Gasteiger charge is 2.65. The molecule has 2 aliphatic carbocycles. The quantitative estimate of drug-likeness (QED) is 0.322. The Morgan fingerprint density at radius 2 is 1.94 bits per heavy atom. The number of ether oxygens (including phenoxy) is 1. The molecule has 0 heterocycles. The van der Waals surface area contributed by atoms with E-state index in [2.05, 4.69) is 17.2 Å². The van der Waals surface area contributed by atoms with Gasteiger partial charge in [-0.15, -0.1) is 6.58 Å². The summed E-state index contributed by atoms with van der Waals surface area (Å²) >= 11 is 0. The normalized spacial score (nSPS) is 24.7. The van der Waals surface area contributed by atoms with Gasteiger partial charge in [0.15, 0.2) is 0 Å². The van der Waals surface area contributed by atoms with Crippen LogP contribution < -0.4 is 10.6 Å². The van der Waals surface area contributed by atoms with Gasteiger partial charge in [-0.05, 0) is 44.9 Å². The van der Waals surface area contributed by atoms with Crippen LogP contribution in [0.1, 0.15) is 65.2 Å². The van der Waals surface area contributed by atoms with E-state index in [0.717, 1.165) is 37.0 Å². The summed E-state index contributed by atoms with van der Waals surface area (Å²) in [6, 6.07) is -0.723. The fraction of sp³-hybridized carbons (Fsp3) is 0.762. The summed E-state index contributed by atoms with van der Waals surface area (Å²) in [6.45, 7) is 7.19. The lowest BCUT2D eigenvalue weighted by atomic mass is 10.3. The smallest absolute Gasteiger partial charge is 0.407 e. The number of nitrogens with zero attached hydrogens (tertiary/aromatic N) is 1. The summed E-state index contributed by atoms with van der Waals surface area (Å²) < 4.78 is 18.2. The van der Waals surface area contributed by atoms with Crippen LogP contribution in [-0.2, 0) is 14.1 Å². The van der Waals surface area contributed by atoms with E-state index in [4.69, 9.17) is 4.74 Å². The minimum absolute atomic E-state index is 0.0785. The van der Waals surface area contributed by atoms with Gasteiger partial charge in [-0.3, -0.25) is 14.3 Å². The Labute approximate surface area is 184 Å². The first-order valence-electron chi connectivity index (χ1n) is 11.2. The minimum Gasteiger partial charge on any atom is -0.446 e. The number of imide groups is 1. The molecule has 10 heteroatoms. The second-order valence-corrected chi connectivity index (χ2v) is 11.0. The van der Waals surface area contributed by atoms with E-state index in [-0.39, 0.29) is 31.3 Å². The second kappa shape index (κ2) is 11.1. The monoisotopic (exact) mass is 457 g/mol. The predicted octanol–water partition coefficient (Wildman–Crippen LogP) is 3.58. The van der Waals surface area contributed by atoms with E-state index in [1.807, 2.05) is 6.92 Å². The zero-order chi connectivity index (χ0) is 23.1. The molecule has 2 fully saturated rings. The molecule has 2 rings (SSSR count). The molecule has 0 aromatic rings. The number of hydrogen-bond donors (Lipinski definition) is 3. The second-order valence-electron chi connectivity index (χ2n) is 8.39. The molecule has 31 heavy (non-hydrogen) atoms. The molecule has 0 aromatic heterocycles. The van der Waals surface area contributed by atoms with Crippen molar-refractivity contribution in [2.75, 3.05) is 19.3 Å². The molecule has 0 saturated heterocycles. The summed E-state index contributed by atoms with van der Waals surface area (Å²) in [5.74, 6) is -0.912. The van der Waals surface area contributed by atoms with Gasteiger partial charge in [0, 0.05) is 18.6 Å². The topological polar surface area (TPSA) is 125 Å². The van der Waals surface area contributed by atoms with E-state index in [1.165, 1.54) is 0 Å². The van der Waals surface area contributed by atoms with Gasteiger partial charge < -0.3 is 20.3 Å². The van der Waals surface area contributed by atoms with Crippen molar-refractivity contribution in [2.24, 2.45) is 5.92 Å². The first kappa shape index (κ1) is 25.4. The van der Waals surface area contributed by atoms with Gasteiger partial charge in [-0.25, -0.2) is 9.59 Å². The SMILES string of the molecule is C=CC1C[C@]1(NC(=O)N(CCCC)C(=O)CNC(=O)OC1CCCC1)P(=O)(O)CCC. The molecule has 3 N–H and O–H groups in total. The van der Waals surface area contributed by atoms with Crippen LogP contribution in [-0.4, -0.2) is 58.5 Å². The third-order valence-electron chi connectivity index (χ3n) is 5.98. The van der Waals surface area contributed by atoms with E-state index in [1.54, 1.807) is 13.0 Å². The lowest BCUT2D eigenvalue weighted by Crippen LogP contribution is -2.52. The van der Waals surface area contributed by atoms with Gasteiger partial charge in [-0.1, -0.05) is 26.3 Å². The number of amides is 4. The van der Waals surface area contributed by atoms with Crippen LogP contribution in [0, 0.1) is 5.92 Å². The van der Waals surface area contributed by atoms with Crippen molar-refractivity contribution in [1.82, 2.24) is 15.5 Å². The molecule has 2 unspecified atom stereocenters. The maximum absolute atomic E-state index is 13.0.